The Morgan fingerprint density at radius 3 is 1.99 bits per heavy atom. The van der Waals surface area contributed by atoms with E-state index >= 15 is 0 Å². The molecule has 76 heavy (non-hydrogen) atoms. The largest absolute Gasteiger partial charge is 0.509 e. The molecular formula is C70H65N4OPt-3. The first-order valence-corrected chi connectivity index (χ1v) is 25.6. The second-order valence-electron chi connectivity index (χ2n) is 22.2. The van der Waals surface area contributed by atoms with Gasteiger partial charge in [0.1, 0.15) is 5.82 Å². The Balaban J connectivity index is 0.00000784. The third-order valence-electron chi connectivity index (χ3n) is 14.5. The smallest absolute Gasteiger partial charge is 0.135 e. The molecular weight excluding hydrogens is 1110 g/mol. The molecule has 0 N–H and O–H groups in total. The Kier molecular flexibility index (Phi) is 9.80. The molecule has 12 rings (SSSR count). The number of benzene rings is 8. The zero-order chi connectivity index (χ0) is 61.4. The van der Waals surface area contributed by atoms with Gasteiger partial charge in [-0.1, -0.05) is 196 Å². The van der Waals surface area contributed by atoms with Gasteiger partial charge in [-0.25, -0.2) is 4.98 Å². The molecule has 0 atom stereocenters. The first-order valence-electron chi connectivity index (χ1n) is 31.1. The molecule has 0 saturated carbocycles. The van der Waals surface area contributed by atoms with E-state index in [1.54, 1.807) is 0 Å². The van der Waals surface area contributed by atoms with Crippen molar-refractivity contribution < 1.29 is 40.9 Å². The van der Waals surface area contributed by atoms with E-state index in [0.29, 0.717) is 55.7 Å². The maximum Gasteiger partial charge on any atom is 0.135 e. The maximum absolute atomic E-state index is 9.83. The number of para-hydroxylation sites is 3. The molecule has 11 aromatic rings. The monoisotopic (exact) mass is 1180 g/mol. The van der Waals surface area contributed by atoms with E-state index in [0.717, 1.165) is 65.9 Å². The molecule has 384 valence electrons. The summed E-state index contributed by atoms with van der Waals surface area (Å²) in [5, 5.41) is 6.63. The number of rotatable bonds is 7. The summed E-state index contributed by atoms with van der Waals surface area (Å²) in [6.07, 6.45) is -0.0272. The van der Waals surface area contributed by atoms with Gasteiger partial charge in [0.25, 0.3) is 0 Å². The van der Waals surface area contributed by atoms with Crippen molar-refractivity contribution in [3.8, 4) is 28.4 Å². The van der Waals surface area contributed by atoms with Crippen LogP contribution >= 0.6 is 0 Å². The van der Waals surface area contributed by atoms with E-state index in [-0.39, 0.29) is 32.0 Å². The molecule has 0 aliphatic carbocycles. The summed E-state index contributed by atoms with van der Waals surface area (Å²) in [5.41, 5.74) is 2.89. The number of anilines is 2. The van der Waals surface area contributed by atoms with Crippen molar-refractivity contribution in [2.24, 2.45) is 5.92 Å². The predicted molar refractivity (Wildman–Crippen MR) is 317 cm³/mol. The molecule has 4 heterocycles. The fourth-order valence-corrected chi connectivity index (χ4v) is 10.8. The van der Waals surface area contributed by atoms with Crippen LogP contribution in [0.2, 0.25) is 0 Å². The van der Waals surface area contributed by atoms with Gasteiger partial charge in [0.15, 0.2) is 0 Å². The molecule has 0 unspecified atom stereocenters. The maximum atomic E-state index is 9.83. The minimum atomic E-state index is -3.53. The van der Waals surface area contributed by atoms with E-state index in [1.165, 1.54) is 12.1 Å². The quantitative estimate of drug-likeness (QED) is 0.149. The van der Waals surface area contributed by atoms with Crippen molar-refractivity contribution in [3.63, 3.8) is 0 Å². The van der Waals surface area contributed by atoms with Crippen molar-refractivity contribution in [3.05, 3.63) is 211 Å². The van der Waals surface area contributed by atoms with Gasteiger partial charge in [-0.3, -0.25) is 0 Å². The van der Waals surface area contributed by atoms with Crippen molar-refractivity contribution in [1.29, 1.82) is 0 Å². The summed E-state index contributed by atoms with van der Waals surface area (Å²) in [6, 6.07) is 59.6. The topological polar surface area (TPSA) is 35.2 Å². The van der Waals surface area contributed by atoms with Crippen molar-refractivity contribution >= 4 is 76.5 Å². The van der Waals surface area contributed by atoms with Crippen LogP contribution in [0.1, 0.15) is 113 Å². The van der Waals surface area contributed by atoms with Gasteiger partial charge in [-0.15, -0.1) is 35.7 Å². The Hall–Kier alpha value is -7.33. The third-order valence-corrected chi connectivity index (χ3v) is 14.5. The Morgan fingerprint density at radius 1 is 0.592 bits per heavy atom. The van der Waals surface area contributed by atoms with E-state index in [9.17, 15) is 2.74 Å². The number of ether oxygens (including phenoxy) is 1. The number of fused-ring (bicyclic) bond motifs is 10. The number of pyridine rings is 1. The molecule has 8 aromatic carbocycles. The van der Waals surface area contributed by atoms with Crippen molar-refractivity contribution in [2.45, 2.75) is 98.6 Å². The molecule has 1 aliphatic heterocycles. The van der Waals surface area contributed by atoms with Gasteiger partial charge < -0.3 is 18.8 Å². The van der Waals surface area contributed by atoms with Gasteiger partial charge in [-0.05, 0) is 142 Å². The van der Waals surface area contributed by atoms with Crippen LogP contribution < -0.4 is 9.64 Å². The van der Waals surface area contributed by atoms with Gasteiger partial charge in [-0.2, -0.15) is 12.1 Å². The Morgan fingerprint density at radius 2 is 1.24 bits per heavy atom. The van der Waals surface area contributed by atoms with Crippen molar-refractivity contribution in [2.75, 3.05) is 4.90 Å². The van der Waals surface area contributed by atoms with Crippen LogP contribution in [0.3, 0.4) is 0 Å². The standard InChI is InChI=1S/C70H65N4O.Pt/c1-44(2)36-45-20-16-27-58-54-23-12-13-24-55(54)59-28-19-31-62-67(59)73(66-53(26-18-29-60(66)65(45)58)46-37-48(69(6,7)8)39-49(38-46)70(9,10)11)43-72(62)50-21-17-22-51(41-50)75-52-32-33-57-56-25-14-15-30-61(56)74(63(57)42-52)64-40-47(34-35-71-64)68(3,4)5;/h12-35,37-40,43-44H,36H2,1-11H3;/q-3;/i6D3,7D3,8D3,36D2;. The summed E-state index contributed by atoms with van der Waals surface area (Å²) in [7, 11) is 0. The summed E-state index contributed by atoms with van der Waals surface area (Å²) >= 11 is 0. The molecule has 5 nitrogen and oxygen atoms in total. The molecule has 0 bridgehead atoms. The average Bonchev–Trinajstić information content (AvgIpc) is 1.83. The molecule has 0 radical (unpaired) electrons. The molecule has 0 spiro atoms. The van der Waals surface area contributed by atoms with Crippen LogP contribution in [0.25, 0.3) is 82.1 Å². The SMILES string of the molecule is [2H]C([2H])(c1cccc2c3ccccc3c3cccc4c3n(c3c(-c5cc(C(C)(C)C)cc(C(C([2H])([2H])[2H])(C([2H])([2H])[2H])C([2H])([2H])[2H])c5)cccc3c12)[CH-]N4c1[c-]c(Oc2[c-]c3c(cc2)c2ccccc2n3-c2cc(C(C)(C)C)ccn2)ccc1)C(C)C.[Pt]. The molecule has 0 saturated heterocycles. The summed E-state index contributed by atoms with van der Waals surface area (Å²) in [4.78, 5) is 6.89. The molecule has 0 fully saturated rings. The minimum Gasteiger partial charge on any atom is -0.509 e. The first kappa shape index (κ1) is 39.1. The number of nitrogens with zero attached hydrogens (tertiary/aromatic N) is 4. The molecule has 3 aromatic heterocycles. The van der Waals surface area contributed by atoms with Crippen LogP contribution in [0.4, 0.5) is 11.4 Å². The fourth-order valence-electron chi connectivity index (χ4n) is 10.8. The summed E-state index contributed by atoms with van der Waals surface area (Å²) in [6.45, 7) is 7.36. The number of hydrogen-bond donors (Lipinski definition) is 0. The number of hydrogen-bond acceptors (Lipinski definition) is 3. The first-order chi connectivity index (χ1) is 40.4. The fraction of sp³-hybridized carbons (Fsp3) is 0.229. The normalized spacial score (nSPS) is 15.6. The average molecular weight is 1180 g/mol. The van der Waals surface area contributed by atoms with E-state index < -0.39 is 43.7 Å². The third kappa shape index (κ3) is 8.91. The van der Waals surface area contributed by atoms with Gasteiger partial charge in [0.05, 0.1) is 0 Å². The van der Waals surface area contributed by atoms with Crippen LogP contribution in [-0.4, -0.2) is 14.1 Å². The van der Waals surface area contributed by atoms with Gasteiger partial charge in [0.2, 0.25) is 0 Å². The Bertz CT molecular complexity index is 4580. The van der Waals surface area contributed by atoms with Gasteiger partial charge in [0, 0.05) is 65.0 Å². The molecule has 1 aliphatic rings. The summed E-state index contributed by atoms with van der Waals surface area (Å²) in [5.74, 6) is 1.16. The van der Waals surface area contributed by atoms with Crippen LogP contribution in [-0.2, 0) is 43.7 Å². The molecule has 0 amide bonds. The molecule has 6 heteroatoms. The van der Waals surface area contributed by atoms with Crippen LogP contribution in [0.5, 0.6) is 11.5 Å². The second-order valence-corrected chi connectivity index (χ2v) is 22.2. The minimum absolute atomic E-state index is 0. The predicted octanol–water partition coefficient (Wildman–Crippen LogP) is 19.0. The zero-order valence-corrected chi connectivity index (χ0v) is 46.1. The van der Waals surface area contributed by atoms with Crippen molar-refractivity contribution in [1.82, 2.24) is 14.1 Å². The van der Waals surface area contributed by atoms with Crippen LogP contribution in [0, 0.1) is 24.7 Å². The second kappa shape index (κ2) is 19.0. The van der Waals surface area contributed by atoms with E-state index in [4.69, 9.17) is 22.1 Å². The Labute approximate surface area is 478 Å². The zero-order valence-electron chi connectivity index (χ0n) is 54.8. The van der Waals surface area contributed by atoms with E-state index in [1.807, 2.05) is 168 Å². The van der Waals surface area contributed by atoms with Gasteiger partial charge >= 0.3 is 0 Å². The van der Waals surface area contributed by atoms with Crippen LogP contribution in [0.15, 0.2) is 170 Å². The van der Waals surface area contributed by atoms with E-state index in [2.05, 4.69) is 78.4 Å². The number of aromatic nitrogens is 3. The summed E-state index contributed by atoms with van der Waals surface area (Å²) < 4.78 is 110.